The van der Waals surface area contributed by atoms with Gasteiger partial charge in [0.25, 0.3) is 0 Å². The summed E-state index contributed by atoms with van der Waals surface area (Å²) in [4.78, 5) is 16.9. The van der Waals surface area contributed by atoms with Gasteiger partial charge in [0.2, 0.25) is 0 Å². The molecule has 0 fully saturated rings. The number of nitrogens with zero attached hydrogens (tertiary/aromatic N) is 1. The minimum Gasteiger partial charge on any atom is -0.466 e. The number of imidazole rings is 1. The molecule has 1 aromatic heterocycles. The Morgan fingerprint density at radius 3 is 2.73 bits per heavy atom. The van der Waals surface area contributed by atoms with Crippen LogP contribution in [0.5, 0.6) is 0 Å². The van der Waals surface area contributed by atoms with Gasteiger partial charge in [0.1, 0.15) is 0 Å². The van der Waals surface area contributed by atoms with Gasteiger partial charge in [0, 0.05) is 6.92 Å². The summed E-state index contributed by atoms with van der Waals surface area (Å²) >= 11 is 0. The molecule has 2 aromatic rings. The van der Waals surface area contributed by atoms with Gasteiger partial charge in [-0.25, -0.2) is 4.98 Å². The van der Waals surface area contributed by atoms with E-state index >= 15 is 0 Å². The Labute approximate surface area is 88.3 Å². The number of para-hydroxylation sites is 2. The highest BCUT2D eigenvalue weighted by Gasteiger charge is 1.88. The summed E-state index contributed by atoms with van der Waals surface area (Å²) < 4.78 is 4.40. The van der Waals surface area contributed by atoms with Crippen molar-refractivity contribution in [3.8, 4) is 0 Å². The predicted octanol–water partition coefficient (Wildman–Crippen LogP) is 2.13. The molecule has 0 aliphatic rings. The second kappa shape index (κ2) is 5.80. The van der Waals surface area contributed by atoms with E-state index in [1.165, 1.54) is 6.92 Å². The van der Waals surface area contributed by atoms with Crippen LogP contribution < -0.4 is 0 Å². The first kappa shape index (κ1) is 11.2. The summed E-state index contributed by atoms with van der Waals surface area (Å²) in [6.45, 7) is 3.65. The maximum absolute atomic E-state index is 9.82. The Hall–Kier alpha value is -1.84. The van der Waals surface area contributed by atoms with Gasteiger partial charge in [-0.05, 0) is 19.1 Å². The Kier molecular flexibility index (Phi) is 4.34. The fourth-order valence-electron chi connectivity index (χ4n) is 1.08. The van der Waals surface area contributed by atoms with Crippen LogP contribution in [0.2, 0.25) is 0 Å². The van der Waals surface area contributed by atoms with Crippen LogP contribution in [0.1, 0.15) is 13.8 Å². The Bertz CT molecular complexity index is 393. The highest BCUT2D eigenvalue weighted by atomic mass is 16.5. The molecule has 0 saturated carbocycles. The average Bonchev–Trinajstić information content (AvgIpc) is 2.65. The Morgan fingerprint density at radius 2 is 2.20 bits per heavy atom. The minimum absolute atomic E-state index is 0.211. The third kappa shape index (κ3) is 3.81. The number of esters is 1. The van der Waals surface area contributed by atoms with Crippen LogP contribution >= 0.6 is 0 Å². The Morgan fingerprint density at radius 1 is 1.47 bits per heavy atom. The van der Waals surface area contributed by atoms with Gasteiger partial charge in [-0.1, -0.05) is 12.1 Å². The molecule has 80 valence electrons. The standard InChI is InChI=1S/C7H6N2.C4H8O2/c1-2-4-7-6(3-1)8-5-9-7;1-3-6-4(2)5/h1-5H,(H,8,9);3H2,1-2H3. The van der Waals surface area contributed by atoms with Crippen LogP contribution in [-0.4, -0.2) is 22.5 Å². The molecule has 15 heavy (non-hydrogen) atoms. The smallest absolute Gasteiger partial charge is 0.302 e. The molecule has 0 aliphatic heterocycles. The van der Waals surface area contributed by atoms with E-state index in [2.05, 4.69) is 14.7 Å². The van der Waals surface area contributed by atoms with Crippen LogP contribution in [0.15, 0.2) is 30.6 Å². The summed E-state index contributed by atoms with van der Waals surface area (Å²) in [6, 6.07) is 7.94. The van der Waals surface area contributed by atoms with E-state index in [1.54, 1.807) is 13.3 Å². The number of carbonyl (C=O) groups excluding carboxylic acids is 1. The number of hydrogen-bond acceptors (Lipinski definition) is 3. The molecule has 0 spiro atoms. The Balaban J connectivity index is 0.000000167. The monoisotopic (exact) mass is 206 g/mol. The van der Waals surface area contributed by atoms with Crippen LogP contribution in [-0.2, 0) is 9.53 Å². The topological polar surface area (TPSA) is 55.0 Å². The second-order valence-electron chi connectivity index (χ2n) is 2.84. The van der Waals surface area contributed by atoms with Gasteiger partial charge >= 0.3 is 5.97 Å². The lowest BCUT2D eigenvalue weighted by molar-refractivity contribution is -0.140. The molecule has 0 unspecified atom stereocenters. The summed E-state index contributed by atoms with van der Waals surface area (Å²) in [7, 11) is 0. The molecule has 0 radical (unpaired) electrons. The molecule has 4 heteroatoms. The summed E-state index contributed by atoms with van der Waals surface area (Å²) in [5.74, 6) is -0.211. The lowest BCUT2D eigenvalue weighted by atomic mass is 10.3. The SMILES string of the molecule is CCOC(C)=O.c1ccc2[nH]cnc2c1. The van der Waals surface area contributed by atoms with Gasteiger partial charge in [0.05, 0.1) is 24.0 Å². The van der Waals surface area contributed by atoms with E-state index in [9.17, 15) is 4.79 Å². The number of H-pyrrole nitrogens is 1. The minimum atomic E-state index is -0.211. The van der Waals surface area contributed by atoms with Crippen molar-refractivity contribution in [2.45, 2.75) is 13.8 Å². The fourth-order valence-corrected chi connectivity index (χ4v) is 1.08. The summed E-state index contributed by atoms with van der Waals surface area (Å²) in [5.41, 5.74) is 2.12. The van der Waals surface area contributed by atoms with E-state index in [0.717, 1.165) is 11.0 Å². The molecule has 2 rings (SSSR count). The van der Waals surface area contributed by atoms with Gasteiger partial charge in [-0.3, -0.25) is 4.79 Å². The van der Waals surface area contributed by atoms with Gasteiger partial charge in [-0.15, -0.1) is 0 Å². The van der Waals surface area contributed by atoms with E-state index in [4.69, 9.17) is 0 Å². The number of aromatic amines is 1. The van der Waals surface area contributed by atoms with Crippen molar-refractivity contribution in [1.82, 2.24) is 9.97 Å². The molecule has 0 bridgehead atoms. The van der Waals surface area contributed by atoms with Gasteiger partial charge < -0.3 is 9.72 Å². The first-order chi connectivity index (χ1) is 7.24. The van der Waals surface area contributed by atoms with Crippen molar-refractivity contribution in [3.63, 3.8) is 0 Å². The van der Waals surface area contributed by atoms with Crippen LogP contribution in [0.3, 0.4) is 0 Å². The van der Waals surface area contributed by atoms with Crippen molar-refractivity contribution >= 4 is 17.0 Å². The third-order valence-electron chi connectivity index (χ3n) is 1.68. The molecule has 0 amide bonds. The predicted molar refractivity (Wildman–Crippen MR) is 58.4 cm³/mol. The second-order valence-corrected chi connectivity index (χ2v) is 2.84. The first-order valence-corrected chi connectivity index (χ1v) is 4.75. The number of hydrogen-bond donors (Lipinski definition) is 1. The van der Waals surface area contributed by atoms with Crippen LogP contribution in [0, 0.1) is 0 Å². The molecule has 4 nitrogen and oxygen atoms in total. The van der Waals surface area contributed by atoms with Gasteiger partial charge in [0.15, 0.2) is 0 Å². The van der Waals surface area contributed by atoms with Crippen LogP contribution in [0.25, 0.3) is 11.0 Å². The molecule has 0 saturated heterocycles. The number of aromatic nitrogens is 2. The van der Waals surface area contributed by atoms with E-state index in [1.807, 2.05) is 24.3 Å². The highest BCUT2D eigenvalue weighted by molar-refractivity contribution is 5.73. The first-order valence-electron chi connectivity index (χ1n) is 4.75. The number of ether oxygens (including phenoxy) is 1. The van der Waals surface area contributed by atoms with E-state index in [0.29, 0.717) is 6.61 Å². The van der Waals surface area contributed by atoms with Crippen molar-refractivity contribution in [2.24, 2.45) is 0 Å². The average molecular weight is 206 g/mol. The molecule has 1 heterocycles. The molecule has 1 N–H and O–H groups in total. The van der Waals surface area contributed by atoms with Crippen molar-refractivity contribution in [2.75, 3.05) is 6.61 Å². The number of benzene rings is 1. The largest absolute Gasteiger partial charge is 0.466 e. The lowest BCUT2D eigenvalue weighted by Crippen LogP contribution is -1.95. The fraction of sp³-hybridized carbons (Fsp3) is 0.273. The number of nitrogens with one attached hydrogen (secondary N) is 1. The quantitative estimate of drug-likeness (QED) is 0.727. The highest BCUT2D eigenvalue weighted by Crippen LogP contribution is 2.05. The van der Waals surface area contributed by atoms with Crippen molar-refractivity contribution < 1.29 is 9.53 Å². The molecule has 1 aromatic carbocycles. The number of carbonyl (C=O) groups is 1. The molecule has 0 aliphatic carbocycles. The zero-order valence-corrected chi connectivity index (χ0v) is 8.86. The summed E-state index contributed by atoms with van der Waals surface area (Å²) in [5, 5.41) is 0. The zero-order valence-electron chi connectivity index (χ0n) is 8.86. The molecular weight excluding hydrogens is 192 g/mol. The molecule has 0 atom stereocenters. The van der Waals surface area contributed by atoms with Crippen LogP contribution in [0.4, 0.5) is 0 Å². The summed E-state index contributed by atoms with van der Waals surface area (Å²) in [6.07, 6.45) is 1.70. The lowest BCUT2D eigenvalue weighted by Gasteiger charge is -1.89. The van der Waals surface area contributed by atoms with E-state index in [-0.39, 0.29) is 5.97 Å². The maximum atomic E-state index is 9.82. The van der Waals surface area contributed by atoms with Crippen molar-refractivity contribution in [1.29, 1.82) is 0 Å². The normalized spacial score (nSPS) is 9.20. The zero-order chi connectivity index (χ0) is 11.1. The maximum Gasteiger partial charge on any atom is 0.302 e. The van der Waals surface area contributed by atoms with Gasteiger partial charge in [-0.2, -0.15) is 0 Å². The third-order valence-corrected chi connectivity index (χ3v) is 1.68. The van der Waals surface area contributed by atoms with E-state index < -0.39 is 0 Å². The number of rotatable bonds is 1. The van der Waals surface area contributed by atoms with Crippen molar-refractivity contribution in [3.05, 3.63) is 30.6 Å². The number of fused-ring (bicyclic) bond motifs is 1. The molecular formula is C11H14N2O2.